The fourth-order valence-corrected chi connectivity index (χ4v) is 2.18. The number of rotatable bonds is 7. The van der Waals surface area contributed by atoms with Crippen LogP contribution in [-0.2, 0) is 10.9 Å². The van der Waals surface area contributed by atoms with E-state index in [0.29, 0.717) is 6.07 Å². The number of nitrogens with zero attached hydrogens (tertiary/aromatic N) is 3. The summed E-state index contributed by atoms with van der Waals surface area (Å²) in [5.74, 6) is -1.29. The molecule has 0 aliphatic rings. The van der Waals surface area contributed by atoms with E-state index < -0.39 is 49.0 Å². The Hall–Kier alpha value is -2.97. The van der Waals surface area contributed by atoms with Crippen molar-refractivity contribution in [2.45, 2.75) is 32.0 Å². The molecular weight excluding hydrogens is 423 g/mol. The molecule has 0 spiro atoms. The van der Waals surface area contributed by atoms with Crippen molar-refractivity contribution in [1.82, 2.24) is 14.5 Å². The number of aliphatic hydroxyl groups is 2. The number of carbonyl (C=O) groups is 1. The first kappa shape index (κ1) is 23.3. The lowest BCUT2D eigenvalue weighted by atomic mass is 10.1. The van der Waals surface area contributed by atoms with Gasteiger partial charge < -0.3 is 20.3 Å². The van der Waals surface area contributed by atoms with E-state index in [1.54, 1.807) is 0 Å². The molecule has 0 fully saturated rings. The monoisotopic (exact) mass is 438 g/mol. The van der Waals surface area contributed by atoms with E-state index >= 15 is 0 Å². The van der Waals surface area contributed by atoms with Crippen molar-refractivity contribution in [1.29, 1.82) is 0 Å². The summed E-state index contributed by atoms with van der Waals surface area (Å²) in [6.07, 6.45) is -8.58. The second kappa shape index (κ2) is 9.23. The molecule has 0 bridgehead atoms. The number of anilines is 1. The molecule has 9 nitrogen and oxygen atoms in total. The second-order valence-corrected chi connectivity index (χ2v) is 5.81. The number of hydrogen-bond donors (Lipinski definition) is 3. The van der Waals surface area contributed by atoms with Gasteiger partial charge in [0.15, 0.2) is 0 Å². The second-order valence-electron chi connectivity index (χ2n) is 5.81. The first-order chi connectivity index (χ1) is 13.9. The molecule has 2 aromatic rings. The maximum Gasteiger partial charge on any atom is 0.433 e. The summed E-state index contributed by atoms with van der Waals surface area (Å²) >= 11 is 0. The molecule has 2 heterocycles. The van der Waals surface area contributed by atoms with Crippen molar-refractivity contribution >= 4 is 11.7 Å². The van der Waals surface area contributed by atoms with E-state index in [0.717, 1.165) is 18.3 Å². The zero-order chi connectivity index (χ0) is 22.6. The maximum atomic E-state index is 14.0. The molecular formula is C16H15F5N4O5. The molecule has 0 aliphatic heterocycles. The molecule has 0 unspecified atom stereocenters. The minimum absolute atomic E-state index is 0.219. The van der Waals surface area contributed by atoms with Crippen molar-refractivity contribution in [3.63, 3.8) is 0 Å². The van der Waals surface area contributed by atoms with Gasteiger partial charge in [-0.05, 0) is 25.1 Å². The number of ether oxygens (including phenoxy) is 1. The van der Waals surface area contributed by atoms with Gasteiger partial charge >= 0.3 is 11.9 Å². The molecule has 0 saturated heterocycles. The van der Waals surface area contributed by atoms with Crippen molar-refractivity contribution < 1.29 is 41.7 Å². The predicted molar refractivity (Wildman–Crippen MR) is 89.6 cm³/mol. The molecule has 0 radical (unpaired) electrons. The molecule has 0 aromatic carbocycles. The van der Waals surface area contributed by atoms with Crippen LogP contribution in [0.2, 0.25) is 0 Å². The number of hydrogen-bond acceptors (Lipinski definition) is 7. The summed E-state index contributed by atoms with van der Waals surface area (Å²) in [6, 6.07) is 2.46. The van der Waals surface area contributed by atoms with E-state index in [-0.39, 0.29) is 21.6 Å². The van der Waals surface area contributed by atoms with Crippen molar-refractivity contribution in [2.24, 2.45) is 0 Å². The van der Waals surface area contributed by atoms with Gasteiger partial charge in [0.25, 0.3) is 12.4 Å². The average Bonchev–Trinajstić information content (AvgIpc) is 2.64. The minimum atomic E-state index is -4.69. The molecule has 30 heavy (non-hydrogen) atoms. The standard InChI is InChI=1S/C16H15F5N4O5/c1-7-8(2-3-10(22-7)16(19,20)21)13(28)23-11-4-5-25(15(29)24-11)14(18)30-9(6-26)12(17)27/h2-5,9,12,14,26-27H,6H2,1H3,(H,23,24,28,29)/t9-,12-,14-/m1/s1. The Labute approximate surface area is 164 Å². The summed E-state index contributed by atoms with van der Waals surface area (Å²) in [5, 5.41) is 19.6. The normalized spacial score (nSPS) is 14.8. The molecule has 3 atom stereocenters. The van der Waals surface area contributed by atoms with Gasteiger partial charge in [0.2, 0.25) is 6.36 Å². The average molecular weight is 438 g/mol. The number of pyridine rings is 1. The lowest BCUT2D eigenvalue weighted by Gasteiger charge is -2.19. The summed E-state index contributed by atoms with van der Waals surface area (Å²) in [6.45, 7) is -2.51. The highest BCUT2D eigenvalue weighted by Crippen LogP contribution is 2.28. The molecule has 2 rings (SSSR count). The van der Waals surface area contributed by atoms with Crippen LogP contribution in [0.5, 0.6) is 0 Å². The van der Waals surface area contributed by atoms with Crippen LogP contribution in [0.25, 0.3) is 0 Å². The van der Waals surface area contributed by atoms with Crippen molar-refractivity contribution in [3.8, 4) is 0 Å². The van der Waals surface area contributed by atoms with Crippen LogP contribution in [0, 0.1) is 6.92 Å². The molecule has 2 aromatic heterocycles. The summed E-state index contributed by atoms with van der Waals surface area (Å²) in [5.41, 5.74) is -2.92. The number of aliphatic hydroxyl groups excluding tert-OH is 2. The number of aromatic nitrogens is 3. The van der Waals surface area contributed by atoms with Crippen LogP contribution in [0.15, 0.2) is 29.2 Å². The molecule has 1 amide bonds. The maximum absolute atomic E-state index is 14.0. The highest BCUT2D eigenvalue weighted by molar-refractivity contribution is 6.04. The lowest BCUT2D eigenvalue weighted by molar-refractivity contribution is -0.202. The Morgan fingerprint density at radius 3 is 2.43 bits per heavy atom. The first-order valence-electron chi connectivity index (χ1n) is 8.12. The van der Waals surface area contributed by atoms with E-state index in [1.165, 1.54) is 6.92 Å². The molecule has 3 N–H and O–H groups in total. The van der Waals surface area contributed by atoms with Crippen LogP contribution in [0.3, 0.4) is 0 Å². The quantitative estimate of drug-likeness (QED) is 0.557. The Morgan fingerprint density at radius 1 is 1.27 bits per heavy atom. The largest absolute Gasteiger partial charge is 0.433 e. The zero-order valence-corrected chi connectivity index (χ0v) is 15.1. The number of amides is 1. The topological polar surface area (TPSA) is 127 Å². The number of carbonyl (C=O) groups excluding carboxylic acids is 1. The van der Waals surface area contributed by atoms with Crippen LogP contribution in [0.4, 0.5) is 27.8 Å². The number of nitrogens with one attached hydrogen (secondary N) is 1. The molecule has 14 heteroatoms. The van der Waals surface area contributed by atoms with Gasteiger partial charge in [-0.1, -0.05) is 0 Å². The van der Waals surface area contributed by atoms with Crippen LogP contribution < -0.4 is 11.0 Å². The third kappa shape index (κ3) is 5.55. The van der Waals surface area contributed by atoms with Gasteiger partial charge in [-0.15, -0.1) is 0 Å². The van der Waals surface area contributed by atoms with Gasteiger partial charge in [0.1, 0.15) is 17.6 Å². The van der Waals surface area contributed by atoms with Gasteiger partial charge in [0, 0.05) is 6.20 Å². The van der Waals surface area contributed by atoms with Crippen LogP contribution in [-0.4, -0.2) is 49.7 Å². The van der Waals surface area contributed by atoms with Crippen molar-refractivity contribution in [2.75, 3.05) is 11.9 Å². The highest BCUT2D eigenvalue weighted by Gasteiger charge is 2.33. The third-order valence-corrected chi connectivity index (χ3v) is 3.68. The van der Waals surface area contributed by atoms with Gasteiger partial charge in [-0.25, -0.2) is 18.7 Å². The number of alkyl halides is 5. The summed E-state index contributed by atoms with van der Waals surface area (Å²) in [7, 11) is 0. The van der Waals surface area contributed by atoms with Crippen molar-refractivity contribution in [3.05, 3.63) is 51.8 Å². The Kier molecular flexibility index (Phi) is 7.17. The fourth-order valence-electron chi connectivity index (χ4n) is 2.18. The van der Waals surface area contributed by atoms with Crippen LogP contribution >= 0.6 is 0 Å². The fraction of sp³-hybridized carbons (Fsp3) is 0.375. The number of halogens is 5. The van der Waals surface area contributed by atoms with Gasteiger partial charge in [-0.3, -0.25) is 4.79 Å². The first-order valence-corrected chi connectivity index (χ1v) is 8.12. The minimum Gasteiger partial charge on any atom is -0.393 e. The lowest BCUT2D eigenvalue weighted by Crippen LogP contribution is -2.34. The Balaban J connectivity index is 2.16. The van der Waals surface area contributed by atoms with E-state index in [2.05, 4.69) is 20.0 Å². The van der Waals surface area contributed by atoms with Gasteiger partial charge in [-0.2, -0.15) is 22.5 Å². The van der Waals surface area contributed by atoms with E-state index in [4.69, 9.17) is 10.2 Å². The van der Waals surface area contributed by atoms with Gasteiger partial charge in [0.05, 0.1) is 17.9 Å². The predicted octanol–water partition coefficient (Wildman–Crippen LogP) is 1.31. The number of aryl methyl sites for hydroxylation is 1. The Morgan fingerprint density at radius 2 is 1.93 bits per heavy atom. The Bertz CT molecular complexity index is 966. The smallest absolute Gasteiger partial charge is 0.393 e. The molecule has 164 valence electrons. The van der Waals surface area contributed by atoms with E-state index in [1.807, 2.05) is 0 Å². The summed E-state index contributed by atoms with van der Waals surface area (Å²) < 4.78 is 69.2. The van der Waals surface area contributed by atoms with Crippen LogP contribution in [0.1, 0.15) is 28.2 Å². The van der Waals surface area contributed by atoms with E-state index in [9.17, 15) is 31.5 Å². The molecule has 0 saturated carbocycles. The molecule has 0 aliphatic carbocycles. The highest BCUT2D eigenvalue weighted by atomic mass is 19.4. The third-order valence-electron chi connectivity index (χ3n) is 3.68. The SMILES string of the molecule is Cc1nc(C(F)(F)F)ccc1C(=O)Nc1ccn([C@@H](F)O[C@H](CO)[C@@H](O)F)c(=O)n1. The zero-order valence-electron chi connectivity index (χ0n) is 15.1. The summed E-state index contributed by atoms with van der Waals surface area (Å²) in [4.78, 5) is 30.8.